The highest BCUT2D eigenvalue weighted by Crippen LogP contribution is 2.32. The lowest BCUT2D eigenvalue weighted by atomic mass is 10.2. The van der Waals surface area contributed by atoms with E-state index < -0.39 is 41.4 Å². The maximum atomic E-state index is 13.0. The minimum atomic E-state index is -4.93. The van der Waals surface area contributed by atoms with Crippen molar-refractivity contribution in [3.63, 3.8) is 0 Å². The van der Waals surface area contributed by atoms with E-state index in [2.05, 4.69) is 11.2 Å². The zero-order valence-electron chi connectivity index (χ0n) is 16.2. The van der Waals surface area contributed by atoms with E-state index in [0.29, 0.717) is 17.3 Å². The molecule has 0 saturated carbocycles. The predicted molar refractivity (Wildman–Crippen MR) is 105 cm³/mol. The number of hydrogen-bond acceptors (Lipinski definition) is 6. The third-order valence-electron chi connectivity index (χ3n) is 4.32. The maximum absolute atomic E-state index is 13.0. The molecule has 3 atom stereocenters. The summed E-state index contributed by atoms with van der Waals surface area (Å²) in [6.07, 6.45) is 0.0758. The lowest BCUT2D eigenvalue weighted by Gasteiger charge is -2.19. The largest absolute Gasteiger partial charge is 0.468 e. The normalized spacial score (nSPS) is 21.2. The minimum Gasteiger partial charge on any atom is -0.468 e. The summed E-state index contributed by atoms with van der Waals surface area (Å²) < 4.78 is 56.4. The predicted octanol–water partition coefficient (Wildman–Crippen LogP) is 1.55. The molecule has 0 aliphatic carbocycles. The van der Waals surface area contributed by atoms with Gasteiger partial charge in [0.2, 0.25) is 0 Å². The SMILES string of the molecule is C#CCO[C@H]1C[C@H](n2cc(C(F)(F)F)c(=O)[nH]c2=O)O[C@@H]1COC(=S)NCCCC. The number of aromatic amines is 1. The summed E-state index contributed by atoms with van der Waals surface area (Å²) in [6.45, 7) is 2.53. The van der Waals surface area contributed by atoms with Crippen molar-refractivity contribution in [3.8, 4) is 12.3 Å². The number of H-pyrrole nitrogens is 1. The number of terminal acetylenes is 1. The summed E-state index contributed by atoms with van der Waals surface area (Å²) in [7, 11) is 0. The number of nitrogens with one attached hydrogen (secondary N) is 2. The topological polar surface area (TPSA) is 94.6 Å². The fourth-order valence-electron chi connectivity index (χ4n) is 2.83. The van der Waals surface area contributed by atoms with E-state index in [1.165, 1.54) is 0 Å². The Morgan fingerprint density at radius 2 is 2.23 bits per heavy atom. The maximum Gasteiger partial charge on any atom is 0.423 e. The number of aromatic nitrogens is 2. The number of nitrogens with zero attached hydrogens (tertiary/aromatic N) is 1. The Morgan fingerprint density at radius 3 is 2.87 bits per heavy atom. The van der Waals surface area contributed by atoms with Gasteiger partial charge >= 0.3 is 11.9 Å². The number of thiocarbonyl (C=S) groups is 1. The minimum absolute atomic E-state index is 0.0228. The number of halogens is 3. The van der Waals surface area contributed by atoms with E-state index in [4.69, 9.17) is 32.9 Å². The molecular weight excluding hydrogens is 427 g/mol. The smallest absolute Gasteiger partial charge is 0.423 e. The quantitative estimate of drug-likeness (QED) is 0.353. The van der Waals surface area contributed by atoms with Crippen molar-refractivity contribution in [1.82, 2.24) is 14.9 Å². The number of hydrogen-bond donors (Lipinski definition) is 2. The van der Waals surface area contributed by atoms with Gasteiger partial charge in [-0.25, -0.2) is 4.79 Å². The van der Waals surface area contributed by atoms with Gasteiger partial charge in [0.1, 0.15) is 31.1 Å². The molecule has 0 spiro atoms. The molecule has 1 aliphatic heterocycles. The lowest BCUT2D eigenvalue weighted by molar-refractivity contribution is -0.139. The fourth-order valence-corrected chi connectivity index (χ4v) is 3.00. The van der Waals surface area contributed by atoms with E-state index in [-0.39, 0.29) is 24.8 Å². The average Bonchev–Trinajstić information content (AvgIpc) is 3.06. The van der Waals surface area contributed by atoms with E-state index in [1.54, 1.807) is 4.98 Å². The van der Waals surface area contributed by atoms with Gasteiger partial charge in [-0.2, -0.15) is 13.2 Å². The van der Waals surface area contributed by atoms with Crippen LogP contribution in [0.2, 0.25) is 0 Å². The van der Waals surface area contributed by atoms with Crippen molar-refractivity contribution in [1.29, 1.82) is 0 Å². The molecule has 0 radical (unpaired) electrons. The summed E-state index contributed by atoms with van der Waals surface area (Å²) in [5, 5.41) is 3.05. The van der Waals surface area contributed by atoms with Gasteiger partial charge < -0.3 is 19.5 Å². The van der Waals surface area contributed by atoms with Gasteiger partial charge in [-0.3, -0.25) is 14.3 Å². The van der Waals surface area contributed by atoms with Crippen LogP contribution in [-0.4, -0.2) is 46.7 Å². The Hall–Kier alpha value is -2.36. The van der Waals surface area contributed by atoms with Crippen LogP contribution in [0.25, 0.3) is 0 Å². The Bertz CT molecular complexity index is 893. The van der Waals surface area contributed by atoms with Gasteiger partial charge in [0.05, 0.1) is 6.10 Å². The van der Waals surface area contributed by atoms with Crippen molar-refractivity contribution >= 4 is 17.4 Å². The Kier molecular flexibility index (Phi) is 8.45. The average molecular weight is 449 g/mol. The summed E-state index contributed by atoms with van der Waals surface area (Å²) >= 11 is 5.06. The lowest BCUT2D eigenvalue weighted by Crippen LogP contribution is -2.36. The van der Waals surface area contributed by atoms with Crippen LogP contribution < -0.4 is 16.6 Å². The highest BCUT2D eigenvalue weighted by molar-refractivity contribution is 7.80. The molecule has 2 rings (SSSR count). The van der Waals surface area contributed by atoms with Crippen LogP contribution in [0.5, 0.6) is 0 Å². The first-order chi connectivity index (χ1) is 14.2. The second-order valence-corrected chi connectivity index (χ2v) is 6.88. The number of ether oxygens (including phenoxy) is 3. The first kappa shape index (κ1) is 23.9. The van der Waals surface area contributed by atoms with Crippen molar-refractivity contribution < 1.29 is 27.4 Å². The molecule has 0 amide bonds. The van der Waals surface area contributed by atoms with Crippen molar-refractivity contribution in [2.45, 2.75) is 50.8 Å². The Morgan fingerprint density at radius 1 is 1.50 bits per heavy atom. The van der Waals surface area contributed by atoms with E-state index >= 15 is 0 Å². The van der Waals surface area contributed by atoms with Gasteiger partial charge in [-0.1, -0.05) is 19.3 Å². The van der Waals surface area contributed by atoms with Crippen LogP contribution in [0.15, 0.2) is 15.8 Å². The Labute approximate surface area is 175 Å². The molecule has 30 heavy (non-hydrogen) atoms. The zero-order valence-corrected chi connectivity index (χ0v) is 17.0. The monoisotopic (exact) mass is 449 g/mol. The molecule has 1 aromatic heterocycles. The van der Waals surface area contributed by atoms with Crippen LogP contribution in [0, 0.1) is 12.3 Å². The van der Waals surface area contributed by atoms with Crippen LogP contribution in [0.4, 0.5) is 13.2 Å². The fraction of sp³-hybridized carbons (Fsp3) is 0.611. The van der Waals surface area contributed by atoms with Crippen LogP contribution in [0.3, 0.4) is 0 Å². The summed E-state index contributed by atoms with van der Waals surface area (Å²) in [4.78, 5) is 25.2. The van der Waals surface area contributed by atoms with Crippen molar-refractivity contribution in [2.24, 2.45) is 0 Å². The first-order valence-electron chi connectivity index (χ1n) is 9.21. The summed E-state index contributed by atoms with van der Waals surface area (Å²) in [5.74, 6) is 2.30. The molecule has 0 unspecified atom stereocenters. The summed E-state index contributed by atoms with van der Waals surface area (Å²) in [6, 6.07) is 0. The van der Waals surface area contributed by atoms with Gasteiger partial charge in [-0.15, -0.1) is 6.42 Å². The van der Waals surface area contributed by atoms with Crippen molar-refractivity contribution in [3.05, 3.63) is 32.6 Å². The first-order valence-corrected chi connectivity index (χ1v) is 9.62. The second-order valence-electron chi connectivity index (χ2n) is 6.50. The molecule has 166 valence electrons. The molecule has 1 aliphatic rings. The molecule has 2 heterocycles. The highest BCUT2D eigenvalue weighted by atomic mass is 32.1. The molecule has 1 fully saturated rings. The van der Waals surface area contributed by atoms with Gasteiger partial charge in [0.15, 0.2) is 0 Å². The molecule has 2 N–H and O–H groups in total. The third kappa shape index (κ3) is 6.32. The zero-order chi connectivity index (χ0) is 22.3. The molecule has 1 aromatic rings. The summed E-state index contributed by atoms with van der Waals surface area (Å²) in [5.41, 5.74) is -4.06. The highest BCUT2D eigenvalue weighted by Gasteiger charge is 2.40. The molecule has 12 heteroatoms. The van der Waals surface area contributed by atoms with Crippen LogP contribution in [0.1, 0.15) is 38.0 Å². The van der Waals surface area contributed by atoms with Gasteiger partial charge in [-0.05, 0) is 18.6 Å². The molecule has 0 aromatic carbocycles. The number of unbranched alkanes of at least 4 members (excludes halogenated alkanes) is 1. The van der Waals surface area contributed by atoms with E-state index in [0.717, 1.165) is 12.8 Å². The molecule has 8 nitrogen and oxygen atoms in total. The van der Waals surface area contributed by atoms with Crippen molar-refractivity contribution in [2.75, 3.05) is 19.8 Å². The van der Waals surface area contributed by atoms with Crippen LogP contribution in [-0.2, 0) is 20.4 Å². The van der Waals surface area contributed by atoms with Gasteiger partial charge in [0, 0.05) is 19.2 Å². The van der Waals surface area contributed by atoms with E-state index in [1.807, 2.05) is 6.92 Å². The van der Waals surface area contributed by atoms with Crippen LogP contribution >= 0.6 is 12.2 Å². The van der Waals surface area contributed by atoms with E-state index in [9.17, 15) is 22.8 Å². The number of rotatable bonds is 8. The standard InChI is InChI=1S/C18H22F3N3O5S/c1-3-5-6-22-17(30)28-10-13-12(27-7-4-2)8-14(29-13)24-9-11(18(19,20)21)15(25)23-16(24)26/h2,9,12-14H,3,5-8,10H2,1H3,(H,22,30)(H,23,25,26)/t12-,13+,14+/m0/s1. The molecule has 0 bridgehead atoms. The Balaban J connectivity index is 2.15. The number of alkyl halides is 3. The third-order valence-corrected chi connectivity index (χ3v) is 4.59. The molecular formula is C18H22F3N3O5S. The second kappa shape index (κ2) is 10.6. The van der Waals surface area contributed by atoms with Gasteiger partial charge in [0.25, 0.3) is 10.7 Å². The molecule has 1 saturated heterocycles.